The molecular formula is C24H21NO2. The molecule has 1 fully saturated rings. The Morgan fingerprint density at radius 2 is 1.44 bits per heavy atom. The average Bonchev–Trinajstić information content (AvgIpc) is 3.04. The van der Waals surface area contributed by atoms with Crippen LogP contribution in [0, 0.1) is 0 Å². The van der Waals surface area contributed by atoms with E-state index in [9.17, 15) is 4.79 Å². The Morgan fingerprint density at radius 3 is 2.19 bits per heavy atom. The van der Waals surface area contributed by atoms with Crippen molar-refractivity contribution in [1.82, 2.24) is 5.32 Å². The first kappa shape index (κ1) is 16.3. The van der Waals surface area contributed by atoms with Crippen molar-refractivity contribution < 1.29 is 9.53 Å². The molecule has 1 heterocycles. The highest BCUT2D eigenvalue weighted by Gasteiger charge is 2.49. The molecule has 3 aromatic carbocycles. The second-order valence-corrected chi connectivity index (χ2v) is 7.44. The van der Waals surface area contributed by atoms with Gasteiger partial charge < -0.3 is 10.1 Å². The maximum atomic E-state index is 12.8. The van der Waals surface area contributed by atoms with Gasteiger partial charge in [-0.3, -0.25) is 4.79 Å². The molecule has 1 amide bonds. The summed E-state index contributed by atoms with van der Waals surface area (Å²) in [5.41, 5.74) is 4.07. The summed E-state index contributed by atoms with van der Waals surface area (Å²) in [5, 5.41) is 3.20. The first-order chi connectivity index (χ1) is 13.2. The molecule has 1 aliphatic heterocycles. The third-order valence-electron chi connectivity index (χ3n) is 5.68. The maximum absolute atomic E-state index is 12.8. The van der Waals surface area contributed by atoms with Gasteiger partial charge in [0.2, 0.25) is 0 Å². The molecule has 1 saturated heterocycles. The summed E-state index contributed by atoms with van der Waals surface area (Å²) in [6.07, 6.45) is 0.887. The second kappa shape index (κ2) is 6.36. The zero-order chi connectivity index (χ0) is 18.3. The molecule has 0 bridgehead atoms. The first-order valence-electron chi connectivity index (χ1n) is 9.42. The van der Waals surface area contributed by atoms with E-state index in [0.29, 0.717) is 6.42 Å². The van der Waals surface area contributed by atoms with Crippen LogP contribution in [0.1, 0.15) is 40.7 Å². The Balaban J connectivity index is 1.54. The van der Waals surface area contributed by atoms with E-state index in [0.717, 1.165) is 12.0 Å². The molecule has 1 spiro atoms. The lowest BCUT2D eigenvalue weighted by Crippen LogP contribution is -2.48. The van der Waals surface area contributed by atoms with Crippen molar-refractivity contribution in [3.63, 3.8) is 0 Å². The number of rotatable bonds is 2. The van der Waals surface area contributed by atoms with Gasteiger partial charge in [-0.15, -0.1) is 0 Å². The summed E-state index contributed by atoms with van der Waals surface area (Å²) < 4.78 is 6.44. The van der Waals surface area contributed by atoms with Crippen molar-refractivity contribution in [2.45, 2.75) is 30.6 Å². The van der Waals surface area contributed by atoms with E-state index in [4.69, 9.17) is 4.74 Å². The number of ether oxygens (including phenoxy) is 1. The maximum Gasteiger partial charge on any atom is 0.256 e. The largest absolute Gasteiger partial charge is 0.338 e. The smallest absolute Gasteiger partial charge is 0.256 e. The molecule has 1 aliphatic carbocycles. The minimum atomic E-state index is -0.660. The van der Waals surface area contributed by atoms with Gasteiger partial charge in [0.05, 0.1) is 0 Å². The summed E-state index contributed by atoms with van der Waals surface area (Å²) in [6, 6.07) is 28.7. The van der Waals surface area contributed by atoms with Gasteiger partial charge in [0, 0.05) is 18.8 Å². The molecular weight excluding hydrogens is 334 g/mol. The predicted octanol–water partition coefficient (Wildman–Crippen LogP) is 4.35. The molecule has 0 saturated carbocycles. The van der Waals surface area contributed by atoms with Crippen LogP contribution < -0.4 is 5.32 Å². The van der Waals surface area contributed by atoms with Gasteiger partial charge in [-0.2, -0.15) is 0 Å². The van der Waals surface area contributed by atoms with Gasteiger partial charge in [-0.1, -0.05) is 84.9 Å². The molecule has 2 aliphatic rings. The minimum absolute atomic E-state index is 0.0487. The predicted molar refractivity (Wildman–Crippen MR) is 104 cm³/mol. The highest BCUT2D eigenvalue weighted by atomic mass is 16.5. The van der Waals surface area contributed by atoms with Crippen molar-refractivity contribution in [2.24, 2.45) is 0 Å². The zero-order valence-electron chi connectivity index (χ0n) is 15.0. The van der Waals surface area contributed by atoms with E-state index < -0.39 is 11.8 Å². The molecule has 3 aromatic rings. The Bertz CT molecular complexity index is 970. The lowest BCUT2D eigenvalue weighted by atomic mass is 9.75. The molecule has 0 unspecified atom stereocenters. The van der Waals surface area contributed by atoms with E-state index in [1.807, 2.05) is 36.4 Å². The fraction of sp³-hybridized carbons (Fsp3) is 0.208. The van der Waals surface area contributed by atoms with E-state index >= 15 is 0 Å². The van der Waals surface area contributed by atoms with Crippen molar-refractivity contribution in [1.29, 1.82) is 0 Å². The Hall–Kier alpha value is -2.91. The van der Waals surface area contributed by atoms with Crippen molar-refractivity contribution in [2.75, 3.05) is 0 Å². The molecule has 27 heavy (non-hydrogen) atoms. The SMILES string of the molecule is O=C1N[C@]2(Cc3ccccc3[C@H](c3ccccc3)C2)O[C@H]1c1ccccc1. The van der Waals surface area contributed by atoms with Gasteiger partial charge in [-0.25, -0.2) is 0 Å². The monoisotopic (exact) mass is 355 g/mol. The lowest BCUT2D eigenvalue weighted by Gasteiger charge is -2.39. The summed E-state index contributed by atoms with van der Waals surface area (Å²) >= 11 is 0. The van der Waals surface area contributed by atoms with Gasteiger partial charge in [0.1, 0.15) is 5.72 Å². The van der Waals surface area contributed by atoms with Crippen molar-refractivity contribution in [3.8, 4) is 0 Å². The molecule has 0 aromatic heterocycles. The second-order valence-electron chi connectivity index (χ2n) is 7.44. The number of benzene rings is 3. The fourth-order valence-electron chi connectivity index (χ4n) is 4.47. The van der Waals surface area contributed by atoms with Crippen LogP contribution in [0.3, 0.4) is 0 Å². The van der Waals surface area contributed by atoms with E-state index in [1.54, 1.807) is 0 Å². The topological polar surface area (TPSA) is 38.3 Å². The quantitative estimate of drug-likeness (QED) is 0.742. The highest BCUT2D eigenvalue weighted by Crippen LogP contribution is 2.45. The zero-order valence-corrected chi connectivity index (χ0v) is 15.0. The van der Waals surface area contributed by atoms with Gasteiger partial charge in [0.25, 0.3) is 5.91 Å². The average molecular weight is 355 g/mol. The molecule has 0 radical (unpaired) electrons. The van der Waals surface area contributed by atoms with E-state index in [2.05, 4.69) is 53.8 Å². The Labute approximate surface area is 159 Å². The molecule has 3 nitrogen and oxygen atoms in total. The number of carbonyl (C=O) groups excluding carboxylic acids is 1. The third-order valence-corrected chi connectivity index (χ3v) is 5.68. The van der Waals surface area contributed by atoms with Crippen LogP contribution in [0.5, 0.6) is 0 Å². The molecule has 134 valence electrons. The number of hydrogen-bond acceptors (Lipinski definition) is 2. The van der Waals surface area contributed by atoms with E-state index in [-0.39, 0.29) is 11.8 Å². The Morgan fingerprint density at radius 1 is 0.815 bits per heavy atom. The summed E-state index contributed by atoms with van der Waals surface area (Å²) in [6.45, 7) is 0. The third kappa shape index (κ3) is 2.84. The normalized spacial score (nSPS) is 26.6. The number of fused-ring (bicyclic) bond motifs is 1. The summed E-state index contributed by atoms with van der Waals surface area (Å²) in [4.78, 5) is 12.8. The van der Waals surface area contributed by atoms with Gasteiger partial charge >= 0.3 is 0 Å². The van der Waals surface area contributed by atoms with Crippen LogP contribution >= 0.6 is 0 Å². The van der Waals surface area contributed by atoms with Crippen molar-refractivity contribution >= 4 is 5.91 Å². The van der Waals surface area contributed by atoms with Crippen LogP contribution in [-0.2, 0) is 16.0 Å². The van der Waals surface area contributed by atoms with Crippen LogP contribution in [0.25, 0.3) is 0 Å². The number of amides is 1. The summed E-state index contributed by atoms with van der Waals surface area (Å²) in [5.74, 6) is 0.151. The number of nitrogens with one attached hydrogen (secondary N) is 1. The minimum Gasteiger partial charge on any atom is -0.338 e. The lowest BCUT2D eigenvalue weighted by molar-refractivity contribution is -0.124. The first-order valence-corrected chi connectivity index (χ1v) is 9.42. The molecule has 3 atom stereocenters. The Kier molecular flexibility index (Phi) is 3.83. The fourth-order valence-corrected chi connectivity index (χ4v) is 4.47. The van der Waals surface area contributed by atoms with Crippen LogP contribution in [0.4, 0.5) is 0 Å². The van der Waals surface area contributed by atoms with Crippen molar-refractivity contribution in [3.05, 3.63) is 107 Å². The molecule has 3 heteroatoms. The van der Waals surface area contributed by atoms with Gasteiger partial charge in [0.15, 0.2) is 6.10 Å². The van der Waals surface area contributed by atoms with Gasteiger partial charge in [-0.05, 0) is 22.3 Å². The standard InChI is InChI=1S/C24H21NO2/c26-23-22(18-11-5-2-6-12-18)27-24(25-23)15-19-13-7-8-14-20(19)21(16-24)17-9-3-1-4-10-17/h1-14,21-22H,15-16H2,(H,25,26)/t21-,22-,24+/m0/s1. The number of carbonyl (C=O) groups is 1. The summed E-state index contributed by atoms with van der Waals surface area (Å²) in [7, 11) is 0. The van der Waals surface area contributed by atoms with Crippen LogP contribution in [0.2, 0.25) is 0 Å². The highest BCUT2D eigenvalue weighted by molar-refractivity contribution is 5.84. The number of hydrogen-bond donors (Lipinski definition) is 1. The molecule has 5 rings (SSSR count). The van der Waals surface area contributed by atoms with E-state index in [1.165, 1.54) is 16.7 Å². The van der Waals surface area contributed by atoms with Crippen LogP contribution in [0.15, 0.2) is 84.9 Å². The molecule has 1 N–H and O–H groups in total. The van der Waals surface area contributed by atoms with Crippen LogP contribution in [-0.4, -0.2) is 11.6 Å².